The molecule has 0 bridgehead atoms. The SMILES string of the molecule is CCN1CCC(C/C=C\CS(=O)(=O)Cl)CC1. The topological polar surface area (TPSA) is 37.4 Å². The first-order valence-electron chi connectivity index (χ1n) is 5.81. The second kappa shape index (κ2) is 6.62. The number of rotatable bonds is 5. The van der Waals surface area contributed by atoms with E-state index in [1.54, 1.807) is 6.08 Å². The zero-order chi connectivity index (χ0) is 12.0. The molecule has 0 aromatic carbocycles. The second-order valence-electron chi connectivity index (χ2n) is 4.29. The molecule has 0 aliphatic carbocycles. The van der Waals surface area contributed by atoms with E-state index in [-0.39, 0.29) is 5.75 Å². The van der Waals surface area contributed by atoms with Gasteiger partial charge in [0.15, 0.2) is 0 Å². The lowest BCUT2D eigenvalue weighted by atomic mass is 9.93. The van der Waals surface area contributed by atoms with Gasteiger partial charge in [0, 0.05) is 10.7 Å². The zero-order valence-electron chi connectivity index (χ0n) is 9.73. The minimum Gasteiger partial charge on any atom is -0.304 e. The Morgan fingerprint density at radius 1 is 1.31 bits per heavy atom. The van der Waals surface area contributed by atoms with Gasteiger partial charge in [0.25, 0.3) is 0 Å². The fourth-order valence-electron chi connectivity index (χ4n) is 2.01. The van der Waals surface area contributed by atoms with E-state index < -0.39 is 9.05 Å². The highest BCUT2D eigenvalue weighted by molar-refractivity contribution is 8.13. The van der Waals surface area contributed by atoms with Crippen LogP contribution < -0.4 is 0 Å². The molecule has 3 nitrogen and oxygen atoms in total. The van der Waals surface area contributed by atoms with E-state index in [1.807, 2.05) is 6.08 Å². The van der Waals surface area contributed by atoms with Gasteiger partial charge in [-0.25, -0.2) is 8.42 Å². The first kappa shape index (κ1) is 14.0. The lowest BCUT2D eigenvalue weighted by Gasteiger charge is -2.30. The Morgan fingerprint density at radius 3 is 2.44 bits per heavy atom. The van der Waals surface area contributed by atoms with Gasteiger partial charge in [0.2, 0.25) is 9.05 Å². The van der Waals surface area contributed by atoms with Crippen molar-refractivity contribution in [3.8, 4) is 0 Å². The number of hydrogen-bond donors (Lipinski definition) is 0. The van der Waals surface area contributed by atoms with Gasteiger partial charge < -0.3 is 4.90 Å². The summed E-state index contributed by atoms with van der Waals surface area (Å²) in [6.45, 7) is 5.66. The molecule has 94 valence electrons. The van der Waals surface area contributed by atoms with Gasteiger partial charge in [-0.2, -0.15) is 0 Å². The summed E-state index contributed by atoms with van der Waals surface area (Å²) in [5.41, 5.74) is 0. The summed E-state index contributed by atoms with van der Waals surface area (Å²) < 4.78 is 21.3. The van der Waals surface area contributed by atoms with Crippen LogP contribution in [0.1, 0.15) is 26.2 Å². The molecule has 0 radical (unpaired) electrons. The van der Waals surface area contributed by atoms with E-state index in [0.29, 0.717) is 5.92 Å². The molecular weight excluding hydrogens is 246 g/mol. The number of piperidine rings is 1. The third-order valence-electron chi connectivity index (χ3n) is 3.09. The predicted molar refractivity (Wildman–Crippen MR) is 68.2 cm³/mol. The molecule has 0 atom stereocenters. The first-order valence-corrected chi connectivity index (χ1v) is 8.29. The van der Waals surface area contributed by atoms with Crippen LogP contribution in [0.25, 0.3) is 0 Å². The maximum absolute atomic E-state index is 10.7. The van der Waals surface area contributed by atoms with E-state index in [0.717, 1.165) is 13.0 Å². The summed E-state index contributed by atoms with van der Waals surface area (Å²) in [5.74, 6) is 0.652. The molecule has 0 unspecified atom stereocenters. The largest absolute Gasteiger partial charge is 0.304 e. The summed E-state index contributed by atoms with van der Waals surface area (Å²) in [5, 5.41) is 0. The summed E-state index contributed by atoms with van der Waals surface area (Å²) in [4.78, 5) is 2.45. The van der Waals surface area contributed by atoms with Gasteiger partial charge in [-0.05, 0) is 44.8 Å². The molecule has 1 aliphatic rings. The normalized spacial score (nSPS) is 20.6. The van der Waals surface area contributed by atoms with Crippen LogP contribution in [0.2, 0.25) is 0 Å². The molecular formula is C11H20ClNO2S. The van der Waals surface area contributed by atoms with Crippen molar-refractivity contribution in [3.05, 3.63) is 12.2 Å². The van der Waals surface area contributed by atoms with Crippen molar-refractivity contribution in [2.75, 3.05) is 25.4 Å². The van der Waals surface area contributed by atoms with Gasteiger partial charge in [0.05, 0.1) is 5.75 Å². The van der Waals surface area contributed by atoms with E-state index in [2.05, 4.69) is 11.8 Å². The maximum Gasteiger partial charge on any atom is 0.236 e. The summed E-state index contributed by atoms with van der Waals surface area (Å²) in [6, 6.07) is 0. The molecule has 16 heavy (non-hydrogen) atoms. The lowest BCUT2D eigenvalue weighted by molar-refractivity contribution is 0.193. The number of likely N-dealkylation sites (tertiary alicyclic amines) is 1. The Balaban J connectivity index is 2.20. The molecule has 0 aromatic heterocycles. The average molecular weight is 266 g/mol. The summed E-state index contributed by atoms with van der Waals surface area (Å²) >= 11 is 0. The van der Waals surface area contributed by atoms with Crippen LogP contribution in [-0.2, 0) is 9.05 Å². The molecule has 0 aromatic rings. The number of halogens is 1. The van der Waals surface area contributed by atoms with Crippen molar-refractivity contribution in [2.45, 2.75) is 26.2 Å². The van der Waals surface area contributed by atoms with Crippen LogP contribution in [0, 0.1) is 5.92 Å². The molecule has 1 aliphatic heterocycles. The first-order chi connectivity index (χ1) is 7.51. The molecule has 0 saturated carbocycles. The molecule has 0 amide bonds. The van der Waals surface area contributed by atoms with E-state index in [1.165, 1.54) is 25.9 Å². The number of nitrogens with zero attached hydrogens (tertiary/aromatic N) is 1. The highest BCUT2D eigenvalue weighted by Gasteiger charge is 2.16. The Kier molecular flexibility index (Phi) is 5.79. The summed E-state index contributed by atoms with van der Waals surface area (Å²) in [7, 11) is 1.74. The van der Waals surface area contributed by atoms with Gasteiger partial charge in [-0.3, -0.25) is 0 Å². The van der Waals surface area contributed by atoms with Gasteiger partial charge in [0.1, 0.15) is 0 Å². The fraction of sp³-hybridized carbons (Fsp3) is 0.818. The van der Waals surface area contributed by atoms with Crippen LogP contribution in [0.4, 0.5) is 0 Å². The number of hydrogen-bond acceptors (Lipinski definition) is 3. The molecule has 1 fully saturated rings. The van der Waals surface area contributed by atoms with Crippen molar-refractivity contribution in [1.82, 2.24) is 4.90 Å². The second-order valence-corrected chi connectivity index (χ2v) is 7.11. The minimum atomic E-state index is -3.36. The van der Waals surface area contributed by atoms with Crippen molar-refractivity contribution in [3.63, 3.8) is 0 Å². The van der Waals surface area contributed by atoms with Crippen molar-refractivity contribution in [2.24, 2.45) is 5.92 Å². The van der Waals surface area contributed by atoms with Crippen LogP contribution in [0.5, 0.6) is 0 Å². The van der Waals surface area contributed by atoms with Crippen LogP contribution in [0.3, 0.4) is 0 Å². The molecule has 5 heteroatoms. The van der Waals surface area contributed by atoms with E-state index in [9.17, 15) is 8.42 Å². The minimum absolute atomic E-state index is 0.0532. The average Bonchev–Trinajstić information content (AvgIpc) is 2.24. The van der Waals surface area contributed by atoms with E-state index >= 15 is 0 Å². The quantitative estimate of drug-likeness (QED) is 0.565. The van der Waals surface area contributed by atoms with Crippen molar-refractivity contribution in [1.29, 1.82) is 0 Å². The van der Waals surface area contributed by atoms with Crippen molar-refractivity contribution < 1.29 is 8.42 Å². The smallest absolute Gasteiger partial charge is 0.236 e. The van der Waals surface area contributed by atoms with Gasteiger partial charge >= 0.3 is 0 Å². The predicted octanol–water partition coefficient (Wildman–Crippen LogP) is 2.23. The highest BCUT2D eigenvalue weighted by Crippen LogP contribution is 2.20. The van der Waals surface area contributed by atoms with Crippen molar-refractivity contribution >= 4 is 19.7 Å². The third-order valence-corrected chi connectivity index (χ3v) is 4.05. The van der Waals surface area contributed by atoms with Crippen LogP contribution >= 0.6 is 10.7 Å². The van der Waals surface area contributed by atoms with Crippen LogP contribution in [-0.4, -0.2) is 38.7 Å². The number of allylic oxidation sites excluding steroid dienone is 1. The Labute approximate surface area is 103 Å². The van der Waals surface area contributed by atoms with Gasteiger partial charge in [-0.1, -0.05) is 19.1 Å². The third kappa shape index (κ3) is 5.87. The fourth-order valence-corrected chi connectivity index (χ4v) is 2.59. The lowest BCUT2D eigenvalue weighted by Crippen LogP contribution is -2.33. The molecule has 0 N–H and O–H groups in total. The van der Waals surface area contributed by atoms with E-state index in [4.69, 9.17) is 10.7 Å². The molecule has 1 rings (SSSR count). The van der Waals surface area contributed by atoms with Crippen LogP contribution in [0.15, 0.2) is 12.2 Å². The van der Waals surface area contributed by atoms with Gasteiger partial charge in [-0.15, -0.1) is 0 Å². The maximum atomic E-state index is 10.7. The Bertz CT molecular complexity index is 319. The molecule has 0 spiro atoms. The zero-order valence-corrected chi connectivity index (χ0v) is 11.3. The monoisotopic (exact) mass is 265 g/mol. The Hall–Kier alpha value is -0.0600. The summed E-state index contributed by atoms with van der Waals surface area (Å²) in [6.07, 6.45) is 7.02. The molecule has 1 saturated heterocycles. The molecule has 1 heterocycles. The Morgan fingerprint density at radius 2 is 1.94 bits per heavy atom. The standard InChI is InChI=1S/C11H20ClNO2S/c1-2-13-8-6-11(7-9-13)5-3-4-10-16(12,14)15/h3-4,11H,2,5-10H2,1H3/b4-3-. The highest BCUT2D eigenvalue weighted by atomic mass is 35.7.